The summed E-state index contributed by atoms with van der Waals surface area (Å²) in [7, 11) is 2.20. The normalized spacial score (nSPS) is 22.6. The molecule has 1 aliphatic heterocycles. The SMILES string of the molecule is CN1CCC[C@@H]1Cc1c(C2CCC2)[nH]c2ccc(SC(F)F)cc12. The molecule has 1 aromatic heterocycles. The maximum absolute atomic E-state index is 12.7. The fraction of sp³-hybridized carbons (Fsp3) is 0.579. The summed E-state index contributed by atoms with van der Waals surface area (Å²) in [5.41, 5.74) is 3.85. The lowest BCUT2D eigenvalue weighted by Crippen LogP contribution is -2.27. The Labute approximate surface area is 146 Å². The van der Waals surface area contributed by atoms with Crippen LogP contribution in [0.1, 0.15) is 49.3 Å². The maximum atomic E-state index is 12.7. The number of alkyl halides is 2. The number of thioether (sulfide) groups is 1. The van der Waals surface area contributed by atoms with Crippen molar-refractivity contribution in [1.82, 2.24) is 9.88 Å². The summed E-state index contributed by atoms with van der Waals surface area (Å²) in [4.78, 5) is 6.73. The molecular formula is C19H24F2N2S. The van der Waals surface area contributed by atoms with Crippen LogP contribution >= 0.6 is 11.8 Å². The number of hydrogen-bond acceptors (Lipinski definition) is 2. The number of fused-ring (bicyclic) bond motifs is 1. The van der Waals surface area contributed by atoms with E-state index in [1.165, 1.54) is 43.4 Å². The summed E-state index contributed by atoms with van der Waals surface area (Å²) >= 11 is 0.645. The van der Waals surface area contributed by atoms with E-state index in [0.717, 1.165) is 23.9 Å². The highest BCUT2D eigenvalue weighted by Crippen LogP contribution is 2.42. The van der Waals surface area contributed by atoms with Gasteiger partial charge in [-0.05, 0) is 75.4 Å². The van der Waals surface area contributed by atoms with Gasteiger partial charge in [0.25, 0.3) is 5.76 Å². The van der Waals surface area contributed by atoms with Crippen molar-refractivity contribution >= 4 is 22.7 Å². The number of likely N-dealkylation sites (tertiary alicyclic amines) is 1. The number of nitrogens with zero attached hydrogens (tertiary/aromatic N) is 1. The van der Waals surface area contributed by atoms with Gasteiger partial charge in [-0.25, -0.2) is 0 Å². The highest BCUT2D eigenvalue weighted by atomic mass is 32.2. The van der Waals surface area contributed by atoms with Crippen LogP contribution in [0.15, 0.2) is 23.1 Å². The smallest absolute Gasteiger partial charge is 0.288 e. The Morgan fingerprint density at radius 1 is 1.25 bits per heavy atom. The quantitative estimate of drug-likeness (QED) is 0.729. The van der Waals surface area contributed by atoms with Crippen molar-refractivity contribution in [2.75, 3.05) is 13.6 Å². The van der Waals surface area contributed by atoms with E-state index in [1.807, 2.05) is 18.2 Å². The second kappa shape index (κ2) is 6.68. The third kappa shape index (κ3) is 3.08. The first-order valence-electron chi connectivity index (χ1n) is 8.91. The van der Waals surface area contributed by atoms with Gasteiger partial charge in [-0.2, -0.15) is 8.78 Å². The average molecular weight is 350 g/mol. The fourth-order valence-corrected chi connectivity index (χ4v) is 4.70. The topological polar surface area (TPSA) is 19.0 Å². The molecule has 5 heteroatoms. The first kappa shape index (κ1) is 16.4. The summed E-state index contributed by atoms with van der Waals surface area (Å²) in [6, 6.07) is 6.33. The van der Waals surface area contributed by atoms with Gasteiger partial charge < -0.3 is 9.88 Å². The Hall–Kier alpha value is -1.07. The molecule has 1 aliphatic carbocycles. The van der Waals surface area contributed by atoms with Crippen molar-refractivity contribution in [1.29, 1.82) is 0 Å². The molecule has 0 bridgehead atoms. The van der Waals surface area contributed by atoms with Crippen LogP contribution in [0.5, 0.6) is 0 Å². The first-order valence-corrected chi connectivity index (χ1v) is 9.79. The number of rotatable bonds is 5. The van der Waals surface area contributed by atoms with Gasteiger partial charge in [0, 0.05) is 27.5 Å². The first-order chi connectivity index (χ1) is 11.6. The maximum Gasteiger partial charge on any atom is 0.288 e. The largest absolute Gasteiger partial charge is 0.358 e. The predicted octanol–water partition coefficient (Wildman–Crippen LogP) is 5.39. The minimum Gasteiger partial charge on any atom is -0.358 e. The molecule has 2 aromatic rings. The fourth-order valence-electron chi connectivity index (χ4n) is 4.16. The monoisotopic (exact) mass is 350 g/mol. The molecule has 1 aromatic carbocycles. The highest BCUT2D eigenvalue weighted by molar-refractivity contribution is 7.99. The zero-order valence-electron chi connectivity index (χ0n) is 14.0. The van der Waals surface area contributed by atoms with Crippen molar-refractivity contribution in [3.63, 3.8) is 0 Å². The van der Waals surface area contributed by atoms with Crippen LogP contribution in [-0.2, 0) is 6.42 Å². The van der Waals surface area contributed by atoms with Crippen LogP contribution in [0.3, 0.4) is 0 Å². The van der Waals surface area contributed by atoms with Crippen LogP contribution in [0.2, 0.25) is 0 Å². The number of aromatic amines is 1. The third-order valence-electron chi connectivity index (χ3n) is 5.76. The van der Waals surface area contributed by atoms with Crippen molar-refractivity contribution in [2.45, 2.75) is 61.1 Å². The molecule has 1 saturated carbocycles. The van der Waals surface area contributed by atoms with Gasteiger partial charge in [-0.15, -0.1) is 0 Å². The van der Waals surface area contributed by atoms with Crippen molar-refractivity contribution < 1.29 is 8.78 Å². The lowest BCUT2D eigenvalue weighted by Gasteiger charge is -2.27. The van der Waals surface area contributed by atoms with Crippen molar-refractivity contribution in [2.24, 2.45) is 0 Å². The Kier molecular flexibility index (Phi) is 4.56. The number of hydrogen-bond donors (Lipinski definition) is 1. The van der Waals surface area contributed by atoms with Crippen molar-refractivity contribution in [3.05, 3.63) is 29.5 Å². The van der Waals surface area contributed by atoms with E-state index >= 15 is 0 Å². The number of benzene rings is 1. The molecule has 1 saturated heterocycles. The molecule has 0 spiro atoms. The zero-order valence-corrected chi connectivity index (χ0v) is 14.8. The molecule has 1 atom stereocenters. The van der Waals surface area contributed by atoms with Gasteiger partial charge in [0.15, 0.2) is 0 Å². The number of likely N-dealkylation sites (N-methyl/N-ethyl adjacent to an activating group) is 1. The van der Waals surface area contributed by atoms with Gasteiger partial charge in [0.2, 0.25) is 0 Å². The Morgan fingerprint density at radius 2 is 2.08 bits per heavy atom. The standard InChI is InChI=1S/C19H24F2N2S/c1-23-9-3-6-13(23)10-16-15-11-14(24-19(20)21)7-8-17(15)22-18(16)12-4-2-5-12/h7-8,11-13,19,22H,2-6,9-10H2,1H3/t13-/m1/s1. The molecule has 2 heterocycles. The van der Waals surface area contributed by atoms with E-state index in [9.17, 15) is 8.78 Å². The van der Waals surface area contributed by atoms with Gasteiger partial charge >= 0.3 is 0 Å². The van der Waals surface area contributed by atoms with Crippen molar-refractivity contribution in [3.8, 4) is 0 Å². The summed E-state index contributed by atoms with van der Waals surface area (Å²) in [6.07, 6.45) is 7.33. The number of H-pyrrole nitrogens is 1. The Bertz CT molecular complexity index is 723. The number of nitrogens with one attached hydrogen (secondary N) is 1. The summed E-state index contributed by atoms with van der Waals surface area (Å²) in [5.74, 6) is -1.73. The molecule has 1 N–H and O–H groups in total. The minimum absolute atomic E-state index is 0.578. The van der Waals surface area contributed by atoms with Crippen LogP contribution in [-0.4, -0.2) is 35.3 Å². The minimum atomic E-state index is -2.36. The Balaban J connectivity index is 1.73. The average Bonchev–Trinajstić information content (AvgIpc) is 3.02. The van der Waals surface area contributed by atoms with E-state index in [1.54, 1.807) is 0 Å². The molecule has 2 aliphatic rings. The number of aromatic nitrogens is 1. The molecule has 4 rings (SSSR count). The van der Waals surface area contributed by atoms with E-state index in [4.69, 9.17) is 0 Å². The molecule has 0 radical (unpaired) electrons. The lowest BCUT2D eigenvalue weighted by molar-refractivity contribution is 0.252. The molecule has 2 nitrogen and oxygen atoms in total. The third-order valence-corrected chi connectivity index (χ3v) is 6.46. The molecule has 2 fully saturated rings. The van der Waals surface area contributed by atoms with Crippen LogP contribution < -0.4 is 0 Å². The van der Waals surface area contributed by atoms with Gasteiger partial charge in [-0.1, -0.05) is 18.2 Å². The van der Waals surface area contributed by atoms with E-state index in [0.29, 0.717) is 28.6 Å². The summed E-state index contributed by atoms with van der Waals surface area (Å²) < 4.78 is 25.5. The summed E-state index contributed by atoms with van der Waals surface area (Å²) in [5, 5.41) is 1.16. The second-order valence-corrected chi connectivity index (χ2v) is 8.28. The molecule has 0 unspecified atom stereocenters. The lowest BCUT2D eigenvalue weighted by atomic mass is 9.80. The molecule has 24 heavy (non-hydrogen) atoms. The van der Waals surface area contributed by atoms with Gasteiger partial charge in [0.05, 0.1) is 0 Å². The van der Waals surface area contributed by atoms with Crippen LogP contribution in [0.4, 0.5) is 8.78 Å². The zero-order chi connectivity index (χ0) is 16.7. The predicted molar refractivity (Wildman–Crippen MR) is 96.1 cm³/mol. The van der Waals surface area contributed by atoms with Crippen LogP contribution in [0, 0.1) is 0 Å². The number of halogens is 2. The second-order valence-electron chi connectivity index (χ2n) is 7.21. The van der Waals surface area contributed by atoms with Crippen LogP contribution in [0.25, 0.3) is 10.9 Å². The molecule has 0 amide bonds. The highest BCUT2D eigenvalue weighted by Gasteiger charge is 2.29. The molecule has 130 valence electrons. The van der Waals surface area contributed by atoms with Gasteiger partial charge in [-0.3, -0.25) is 0 Å². The van der Waals surface area contributed by atoms with Gasteiger partial charge in [0.1, 0.15) is 0 Å². The Morgan fingerprint density at radius 3 is 2.71 bits per heavy atom. The van der Waals surface area contributed by atoms with E-state index < -0.39 is 5.76 Å². The summed E-state index contributed by atoms with van der Waals surface area (Å²) in [6.45, 7) is 1.16. The van der Waals surface area contributed by atoms with E-state index in [-0.39, 0.29) is 0 Å². The van der Waals surface area contributed by atoms with E-state index in [2.05, 4.69) is 16.9 Å². The molecular weight excluding hydrogens is 326 g/mol.